The molecule has 0 aliphatic heterocycles. The fourth-order valence-electron chi connectivity index (χ4n) is 3.62. The smallest absolute Gasteiger partial charge is 0.261 e. The number of halogens is 1. The van der Waals surface area contributed by atoms with Gasteiger partial charge < -0.3 is 4.57 Å². The van der Waals surface area contributed by atoms with Gasteiger partial charge in [0.15, 0.2) is 5.78 Å². The second kappa shape index (κ2) is 7.13. The predicted molar refractivity (Wildman–Crippen MR) is 110 cm³/mol. The zero-order valence-corrected chi connectivity index (χ0v) is 16.4. The SMILES string of the molecule is Cc1ccc(-n2c(C)cc(C(=O)Cn3cnc4ccccc4c3=O)c2C)cc1F. The molecule has 4 rings (SSSR count). The Bertz CT molecular complexity index is 1320. The number of aromatic nitrogens is 3. The average molecular weight is 389 g/mol. The van der Waals surface area contributed by atoms with E-state index in [0.717, 1.165) is 5.69 Å². The molecule has 0 fully saturated rings. The van der Waals surface area contributed by atoms with Gasteiger partial charge in [-0.2, -0.15) is 0 Å². The number of nitrogens with zero attached hydrogens (tertiary/aromatic N) is 3. The van der Waals surface area contributed by atoms with Crippen LogP contribution in [0.2, 0.25) is 0 Å². The first kappa shape index (κ1) is 18.8. The Morgan fingerprint density at radius 3 is 2.59 bits per heavy atom. The number of para-hydroxylation sites is 1. The van der Waals surface area contributed by atoms with Gasteiger partial charge in [-0.25, -0.2) is 9.37 Å². The maximum absolute atomic E-state index is 14.0. The summed E-state index contributed by atoms with van der Waals surface area (Å²) in [6.07, 6.45) is 1.40. The van der Waals surface area contributed by atoms with Crippen LogP contribution >= 0.6 is 0 Å². The van der Waals surface area contributed by atoms with E-state index in [1.54, 1.807) is 37.3 Å². The van der Waals surface area contributed by atoms with Gasteiger partial charge in [0, 0.05) is 22.6 Å². The maximum Gasteiger partial charge on any atom is 0.261 e. The van der Waals surface area contributed by atoms with Crippen molar-refractivity contribution in [3.8, 4) is 5.69 Å². The summed E-state index contributed by atoms with van der Waals surface area (Å²) in [6, 6.07) is 13.8. The van der Waals surface area contributed by atoms with Crippen molar-refractivity contribution in [3.05, 3.63) is 93.5 Å². The third-order valence-electron chi connectivity index (χ3n) is 5.19. The molecule has 0 bridgehead atoms. The summed E-state index contributed by atoms with van der Waals surface area (Å²) in [6.45, 7) is 5.28. The lowest BCUT2D eigenvalue weighted by atomic mass is 10.1. The van der Waals surface area contributed by atoms with Crippen LogP contribution in [0.4, 0.5) is 4.39 Å². The second-order valence-corrected chi connectivity index (χ2v) is 7.17. The van der Waals surface area contributed by atoms with Crippen LogP contribution in [0.15, 0.2) is 59.7 Å². The minimum atomic E-state index is -0.295. The third-order valence-corrected chi connectivity index (χ3v) is 5.19. The number of aryl methyl sites for hydroxylation is 2. The summed E-state index contributed by atoms with van der Waals surface area (Å²) in [5.74, 6) is -0.493. The first-order chi connectivity index (χ1) is 13.9. The van der Waals surface area contributed by atoms with Crippen molar-refractivity contribution in [2.45, 2.75) is 27.3 Å². The van der Waals surface area contributed by atoms with E-state index in [-0.39, 0.29) is 23.7 Å². The van der Waals surface area contributed by atoms with Gasteiger partial charge in [0.1, 0.15) is 5.82 Å². The first-order valence-corrected chi connectivity index (χ1v) is 9.29. The molecule has 0 saturated heterocycles. The number of benzene rings is 2. The van der Waals surface area contributed by atoms with E-state index in [2.05, 4.69) is 4.98 Å². The molecule has 0 atom stereocenters. The summed E-state index contributed by atoms with van der Waals surface area (Å²) in [7, 11) is 0. The number of carbonyl (C=O) groups is 1. The normalized spacial score (nSPS) is 11.2. The van der Waals surface area contributed by atoms with E-state index >= 15 is 0 Å². The van der Waals surface area contributed by atoms with Crippen molar-refractivity contribution in [3.63, 3.8) is 0 Å². The summed E-state index contributed by atoms with van der Waals surface area (Å²) < 4.78 is 17.2. The van der Waals surface area contributed by atoms with Crippen LogP contribution in [0.25, 0.3) is 16.6 Å². The van der Waals surface area contributed by atoms with Crippen LogP contribution in [-0.4, -0.2) is 19.9 Å². The van der Waals surface area contributed by atoms with E-state index in [4.69, 9.17) is 0 Å². The lowest BCUT2D eigenvalue weighted by Crippen LogP contribution is -2.24. The topological polar surface area (TPSA) is 56.9 Å². The van der Waals surface area contributed by atoms with Gasteiger partial charge in [0.25, 0.3) is 5.56 Å². The van der Waals surface area contributed by atoms with Gasteiger partial charge in [-0.3, -0.25) is 14.2 Å². The average Bonchev–Trinajstić information content (AvgIpc) is 3.01. The number of hydrogen-bond acceptors (Lipinski definition) is 3. The van der Waals surface area contributed by atoms with Crippen molar-refractivity contribution in [2.24, 2.45) is 0 Å². The highest BCUT2D eigenvalue weighted by atomic mass is 19.1. The molecular weight excluding hydrogens is 369 g/mol. The second-order valence-electron chi connectivity index (χ2n) is 7.17. The highest BCUT2D eigenvalue weighted by molar-refractivity contribution is 5.97. The summed E-state index contributed by atoms with van der Waals surface area (Å²) in [5.41, 5.74) is 3.60. The van der Waals surface area contributed by atoms with Crippen LogP contribution in [0.1, 0.15) is 27.3 Å². The molecule has 0 radical (unpaired) electrons. The fourth-order valence-corrected chi connectivity index (χ4v) is 3.62. The molecule has 6 heteroatoms. The lowest BCUT2D eigenvalue weighted by molar-refractivity contribution is 0.0970. The molecule has 0 aliphatic rings. The molecule has 0 N–H and O–H groups in total. The van der Waals surface area contributed by atoms with Crippen LogP contribution in [-0.2, 0) is 6.54 Å². The first-order valence-electron chi connectivity index (χ1n) is 9.29. The zero-order valence-electron chi connectivity index (χ0n) is 16.4. The number of fused-ring (bicyclic) bond motifs is 1. The minimum Gasteiger partial charge on any atom is -0.318 e. The quantitative estimate of drug-likeness (QED) is 0.493. The number of ketones is 1. The molecule has 4 aromatic rings. The number of hydrogen-bond donors (Lipinski definition) is 0. The maximum atomic E-state index is 14.0. The Morgan fingerprint density at radius 2 is 1.83 bits per heavy atom. The van der Waals surface area contributed by atoms with Gasteiger partial charge in [0.2, 0.25) is 0 Å². The van der Waals surface area contributed by atoms with E-state index in [1.807, 2.05) is 30.5 Å². The molecule has 29 heavy (non-hydrogen) atoms. The van der Waals surface area contributed by atoms with Crippen LogP contribution in [0.3, 0.4) is 0 Å². The summed E-state index contributed by atoms with van der Waals surface area (Å²) in [4.78, 5) is 29.9. The lowest BCUT2D eigenvalue weighted by Gasteiger charge is -2.11. The van der Waals surface area contributed by atoms with Crippen molar-refractivity contribution < 1.29 is 9.18 Å². The molecule has 0 aliphatic carbocycles. The standard InChI is InChI=1S/C23H20FN3O2/c1-14-8-9-17(11-20(14)24)27-15(2)10-19(16(27)3)22(28)12-26-13-25-21-7-5-4-6-18(21)23(26)29/h4-11,13H,12H2,1-3H3. The number of Topliss-reactive ketones (excluding diaryl/α,β-unsaturated/α-hetero) is 1. The molecule has 2 heterocycles. The van der Waals surface area contributed by atoms with Crippen molar-refractivity contribution in [1.82, 2.24) is 14.1 Å². The van der Waals surface area contributed by atoms with Crippen molar-refractivity contribution in [2.75, 3.05) is 0 Å². The van der Waals surface area contributed by atoms with E-state index in [1.165, 1.54) is 17.0 Å². The van der Waals surface area contributed by atoms with E-state index in [0.29, 0.717) is 33.4 Å². The van der Waals surface area contributed by atoms with Gasteiger partial charge in [0.05, 0.1) is 23.8 Å². The molecule has 2 aromatic heterocycles. The Labute approximate surface area is 167 Å². The van der Waals surface area contributed by atoms with E-state index < -0.39 is 0 Å². The molecule has 0 amide bonds. The molecule has 0 unspecified atom stereocenters. The van der Waals surface area contributed by atoms with Crippen molar-refractivity contribution >= 4 is 16.7 Å². The highest BCUT2D eigenvalue weighted by Crippen LogP contribution is 2.23. The molecule has 2 aromatic carbocycles. The Balaban J connectivity index is 1.71. The molecule has 0 saturated carbocycles. The Hall–Kier alpha value is -3.54. The van der Waals surface area contributed by atoms with Gasteiger partial charge in [-0.05, 0) is 56.7 Å². The van der Waals surface area contributed by atoms with Crippen LogP contribution < -0.4 is 5.56 Å². The molecule has 5 nitrogen and oxygen atoms in total. The molecule has 146 valence electrons. The number of carbonyl (C=O) groups excluding carboxylic acids is 1. The van der Waals surface area contributed by atoms with E-state index in [9.17, 15) is 14.0 Å². The van der Waals surface area contributed by atoms with Gasteiger partial charge in [-0.1, -0.05) is 18.2 Å². The number of rotatable bonds is 4. The fraction of sp³-hybridized carbons (Fsp3) is 0.174. The Kier molecular flexibility index (Phi) is 4.62. The van der Waals surface area contributed by atoms with Crippen LogP contribution in [0.5, 0.6) is 0 Å². The van der Waals surface area contributed by atoms with Crippen LogP contribution in [0, 0.1) is 26.6 Å². The largest absolute Gasteiger partial charge is 0.318 e. The third kappa shape index (κ3) is 3.27. The highest BCUT2D eigenvalue weighted by Gasteiger charge is 2.18. The summed E-state index contributed by atoms with van der Waals surface area (Å²) >= 11 is 0. The Morgan fingerprint density at radius 1 is 1.07 bits per heavy atom. The minimum absolute atomic E-state index is 0.108. The predicted octanol–water partition coefficient (Wildman–Crippen LogP) is 4.13. The van der Waals surface area contributed by atoms with Gasteiger partial charge in [-0.15, -0.1) is 0 Å². The molecule has 0 spiro atoms. The summed E-state index contributed by atoms with van der Waals surface area (Å²) in [5, 5.41) is 0.475. The zero-order chi connectivity index (χ0) is 20.7. The molecular formula is C23H20FN3O2. The van der Waals surface area contributed by atoms with Crippen molar-refractivity contribution in [1.29, 1.82) is 0 Å². The monoisotopic (exact) mass is 389 g/mol. The van der Waals surface area contributed by atoms with Gasteiger partial charge >= 0.3 is 0 Å².